The van der Waals surface area contributed by atoms with Crippen molar-refractivity contribution in [2.45, 2.75) is 31.0 Å². The Morgan fingerprint density at radius 3 is 2.70 bits per heavy atom. The molecule has 1 aliphatic heterocycles. The Morgan fingerprint density at radius 1 is 1.23 bits per heavy atom. The van der Waals surface area contributed by atoms with E-state index in [9.17, 15) is 27.9 Å². The Balaban J connectivity index is 1.62. The highest BCUT2D eigenvalue weighted by Crippen LogP contribution is 2.49. The van der Waals surface area contributed by atoms with E-state index in [1.54, 1.807) is 4.90 Å². The van der Waals surface area contributed by atoms with Crippen molar-refractivity contribution in [3.63, 3.8) is 0 Å². The van der Waals surface area contributed by atoms with Crippen LogP contribution >= 0.6 is 0 Å². The number of alkyl halides is 3. The molecule has 1 aromatic heterocycles. The lowest BCUT2D eigenvalue weighted by Gasteiger charge is -2.41. The van der Waals surface area contributed by atoms with Gasteiger partial charge >= 0.3 is 6.18 Å². The van der Waals surface area contributed by atoms with Crippen LogP contribution in [0.15, 0.2) is 41.2 Å². The number of aryl methyl sites for hydroxylation is 1. The van der Waals surface area contributed by atoms with Gasteiger partial charge in [0.1, 0.15) is 5.69 Å². The minimum Gasteiger partial charge on any atom is -0.385 e. The summed E-state index contributed by atoms with van der Waals surface area (Å²) < 4.78 is 40.6. The molecule has 6 nitrogen and oxygen atoms in total. The highest BCUT2D eigenvalue weighted by Gasteiger charge is 2.51. The third-order valence-electron chi connectivity index (χ3n) is 6.34. The van der Waals surface area contributed by atoms with Crippen molar-refractivity contribution in [2.24, 2.45) is 18.9 Å². The zero-order valence-corrected chi connectivity index (χ0v) is 16.4. The first-order valence-electron chi connectivity index (χ1n) is 9.83. The number of nitrogens with zero attached hydrogens (tertiary/aromatic N) is 3. The molecule has 1 saturated heterocycles. The first-order valence-corrected chi connectivity index (χ1v) is 9.83. The van der Waals surface area contributed by atoms with Gasteiger partial charge in [0.2, 0.25) is 0 Å². The number of rotatable bonds is 2. The largest absolute Gasteiger partial charge is 0.416 e. The Hall–Kier alpha value is -2.68. The van der Waals surface area contributed by atoms with Gasteiger partial charge in [-0.05, 0) is 48.9 Å². The second-order valence-electron chi connectivity index (χ2n) is 8.15. The van der Waals surface area contributed by atoms with Crippen molar-refractivity contribution in [2.75, 3.05) is 13.1 Å². The van der Waals surface area contributed by atoms with Crippen LogP contribution in [0.3, 0.4) is 0 Å². The second-order valence-corrected chi connectivity index (χ2v) is 8.15. The van der Waals surface area contributed by atoms with Crippen LogP contribution in [-0.2, 0) is 18.8 Å². The van der Waals surface area contributed by atoms with E-state index in [-0.39, 0.29) is 41.1 Å². The van der Waals surface area contributed by atoms with Crippen molar-refractivity contribution < 1.29 is 23.1 Å². The molecule has 2 fully saturated rings. The fourth-order valence-electron chi connectivity index (χ4n) is 4.79. The fraction of sp³-hybridized carbons (Fsp3) is 0.476. The number of carbonyl (C=O) groups excluding carboxylic acids is 1. The summed E-state index contributed by atoms with van der Waals surface area (Å²) in [6.45, 7) is 0.621. The van der Waals surface area contributed by atoms with Crippen LogP contribution in [0.25, 0.3) is 0 Å². The Bertz CT molecular complexity index is 1040. The maximum Gasteiger partial charge on any atom is 0.416 e. The van der Waals surface area contributed by atoms with Gasteiger partial charge in [0, 0.05) is 32.1 Å². The van der Waals surface area contributed by atoms with Crippen molar-refractivity contribution in [3.05, 3.63) is 63.6 Å². The SMILES string of the molecule is Cn1nc(C(=O)N2CC3CCCC(O)(c4cccc(C(F)(F)F)c4)C3C2)ccc1=O. The molecule has 1 saturated carbocycles. The average molecular weight is 421 g/mol. The van der Waals surface area contributed by atoms with Crippen molar-refractivity contribution in [3.8, 4) is 0 Å². The molecule has 0 radical (unpaired) electrons. The molecular weight excluding hydrogens is 399 g/mol. The molecule has 0 spiro atoms. The molecule has 1 aromatic carbocycles. The number of aromatic nitrogens is 2. The predicted octanol–water partition coefficient (Wildman–Crippen LogP) is 2.56. The van der Waals surface area contributed by atoms with Gasteiger partial charge in [0.25, 0.3) is 11.5 Å². The summed E-state index contributed by atoms with van der Waals surface area (Å²) >= 11 is 0. The monoisotopic (exact) mass is 421 g/mol. The number of halogens is 3. The molecule has 3 atom stereocenters. The van der Waals surface area contributed by atoms with Crippen LogP contribution in [0.4, 0.5) is 13.2 Å². The maximum absolute atomic E-state index is 13.2. The van der Waals surface area contributed by atoms with Gasteiger partial charge in [0.05, 0.1) is 11.2 Å². The van der Waals surface area contributed by atoms with Crippen LogP contribution in [0.2, 0.25) is 0 Å². The summed E-state index contributed by atoms with van der Waals surface area (Å²) in [5.41, 5.74) is -2.20. The number of carbonyl (C=O) groups is 1. The van der Waals surface area contributed by atoms with Crippen LogP contribution < -0.4 is 5.56 Å². The number of hydrogen-bond donors (Lipinski definition) is 1. The average Bonchev–Trinajstić information content (AvgIpc) is 3.15. The highest BCUT2D eigenvalue weighted by atomic mass is 19.4. The van der Waals surface area contributed by atoms with Gasteiger partial charge < -0.3 is 10.0 Å². The predicted molar refractivity (Wildman–Crippen MR) is 102 cm³/mol. The van der Waals surface area contributed by atoms with Crippen LogP contribution in [0.5, 0.6) is 0 Å². The summed E-state index contributed by atoms with van der Waals surface area (Å²) in [6, 6.07) is 7.47. The molecule has 4 rings (SSSR count). The smallest absolute Gasteiger partial charge is 0.385 e. The van der Waals surface area contributed by atoms with Crippen molar-refractivity contribution >= 4 is 5.91 Å². The summed E-state index contributed by atoms with van der Waals surface area (Å²) in [7, 11) is 1.45. The molecule has 2 heterocycles. The highest BCUT2D eigenvalue weighted by molar-refractivity contribution is 5.92. The van der Waals surface area contributed by atoms with Gasteiger partial charge in [0.15, 0.2) is 0 Å². The molecule has 0 bridgehead atoms. The minimum absolute atomic E-state index is 0.0187. The lowest BCUT2D eigenvalue weighted by atomic mass is 9.67. The number of fused-ring (bicyclic) bond motifs is 1. The molecule has 2 aromatic rings. The summed E-state index contributed by atoms with van der Waals surface area (Å²) in [6.07, 6.45) is -2.70. The zero-order chi connectivity index (χ0) is 21.7. The van der Waals surface area contributed by atoms with Crippen LogP contribution in [-0.4, -0.2) is 38.8 Å². The van der Waals surface area contributed by atoms with E-state index < -0.39 is 17.3 Å². The van der Waals surface area contributed by atoms with E-state index in [4.69, 9.17) is 0 Å². The number of aliphatic hydroxyl groups is 1. The maximum atomic E-state index is 13.2. The first kappa shape index (κ1) is 20.6. The van der Waals surface area contributed by atoms with E-state index in [2.05, 4.69) is 5.10 Å². The Labute approximate surface area is 170 Å². The van der Waals surface area contributed by atoms with Crippen molar-refractivity contribution in [1.29, 1.82) is 0 Å². The van der Waals surface area contributed by atoms with E-state index in [0.29, 0.717) is 19.4 Å². The molecule has 30 heavy (non-hydrogen) atoms. The Morgan fingerprint density at radius 2 is 2.00 bits per heavy atom. The number of likely N-dealkylation sites (tertiary alicyclic amines) is 1. The lowest BCUT2D eigenvalue weighted by Crippen LogP contribution is -2.43. The molecule has 2 aliphatic rings. The molecule has 3 unspecified atom stereocenters. The summed E-state index contributed by atoms with van der Waals surface area (Å²) in [5, 5.41) is 15.5. The Kier molecular flexibility index (Phi) is 4.96. The molecule has 9 heteroatoms. The van der Waals surface area contributed by atoms with E-state index in [1.165, 1.54) is 31.3 Å². The number of amides is 1. The van der Waals surface area contributed by atoms with Crippen LogP contribution in [0, 0.1) is 11.8 Å². The molecule has 1 aliphatic carbocycles. The van der Waals surface area contributed by atoms with Crippen LogP contribution in [0.1, 0.15) is 40.9 Å². The summed E-state index contributed by atoms with van der Waals surface area (Å²) in [5.74, 6) is -0.743. The molecule has 1 amide bonds. The van der Waals surface area contributed by atoms with E-state index in [0.717, 1.165) is 23.2 Å². The first-order chi connectivity index (χ1) is 14.1. The third-order valence-corrected chi connectivity index (χ3v) is 6.34. The van der Waals surface area contributed by atoms with Gasteiger partial charge in [-0.25, -0.2) is 4.68 Å². The second kappa shape index (κ2) is 7.23. The zero-order valence-electron chi connectivity index (χ0n) is 16.4. The van der Waals surface area contributed by atoms with Crippen molar-refractivity contribution in [1.82, 2.24) is 14.7 Å². The molecule has 160 valence electrons. The fourth-order valence-corrected chi connectivity index (χ4v) is 4.79. The molecular formula is C21H22F3N3O3. The van der Waals surface area contributed by atoms with Gasteiger partial charge in [-0.1, -0.05) is 12.1 Å². The summed E-state index contributed by atoms with van der Waals surface area (Å²) in [4.78, 5) is 26.0. The van der Waals surface area contributed by atoms with E-state index >= 15 is 0 Å². The number of hydrogen-bond acceptors (Lipinski definition) is 4. The molecule has 1 N–H and O–H groups in total. The number of benzene rings is 1. The normalized spacial score (nSPS) is 26.5. The standard InChI is InChI=1S/C21H22F3N3O3/c1-26-18(28)8-7-17(25-26)19(29)27-11-13-4-3-9-20(30,16(13)12-27)14-5-2-6-15(10-14)21(22,23)24/h2,5-8,10,13,16,30H,3-4,9,11-12H2,1H3. The topological polar surface area (TPSA) is 75.4 Å². The minimum atomic E-state index is -4.49. The lowest BCUT2D eigenvalue weighted by molar-refractivity contribution is -0.138. The third kappa shape index (κ3) is 3.51. The quantitative estimate of drug-likeness (QED) is 0.809. The van der Waals surface area contributed by atoms with Gasteiger partial charge in [-0.15, -0.1) is 0 Å². The van der Waals surface area contributed by atoms with Gasteiger partial charge in [-0.2, -0.15) is 18.3 Å². The van der Waals surface area contributed by atoms with Gasteiger partial charge in [-0.3, -0.25) is 9.59 Å². The van der Waals surface area contributed by atoms with E-state index in [1.807, 2.05) is 0 Å².